The highest BCUT2D eigenvalue weighted by molar-refractivity contribution is 6.34. The molecule has 0 fully saturated rings. The minimum atomic E-state index is -0.408. The van der Waals surface area contributed by atoms with Crippen LogP contribution in [-0.2, 0) is 16.1 Å². The molecule has 5 heteroatoms. The fourth-order valence-electron chi connectivity index (χ4n) is 1.26. The largest absolute Gasteiger partial charge is 0.352 e. The molecule has 2 amide bonds. The molecule has 0 radical (unpaired) electrons. The molecule has 0 atom stereocenters. The van der Waals surface area contributed by atoms with Gasteiger partial charge in [0, 0.05) is 13.5 Å². The van der Waals surface area contributed by atoms with Crippen LogP contribution < -0.4 is 10.6 Å². The Labute approximate surface area is 111 Å². The molecule has 0 unspecified atom stereocenters. The van der Waals surface area contributed by atoms with Gasteiger partial charge in [0.1, 0.15) is 0 Å². The summed E-state index contributed by atoms with van der Waals surface area (Å²) in [4.78, 5) is 22.0. The van der Waals surface area contributed by atoms with Crippen molar-refractivity contribution in [1.29, 1.82) is 0 Å². The first-order valence-corrected chi connectivity index (χ1v) is 5.67. The summed E-state index contributed by atoms with van der Waals surface area (Å²) in [5.74, 6) is 4.34. The average Bonchev–Trinajstić information content (AvgIpc) is 2.30. The molecule has 94 valence electrons. The van der Waals surface area contributed by atoms with E-state index in [1.807, 2.05) is 0 Å². The monoisotopic (exact) mass is 264 g/mol. The smallest absolute Gasteiger partial charge is 0.300 e. The molecule has 0 heterocycles. The number of benzene rings is 1. The van der Waals surface area contributed by atoms with E-state index in [1.165, 1.54) is 6.92 Å². The minimum absolute atomic E-state index is 0.110. The number of carbonyl (C=O) groups is 2. The highest BCUT2D eigenvalue weighted by Crippen LogP contribution is 2.22. The number of halogens is 1. The van der Waals surface area contributed by atoms with Crippen LogP contribution in [0, 0.1) is 11.8 Å². The Morgan fingerprint density at radius 2 is 2.11 bits per heavy atom. The van der Waals surface area contributed by atoms with Gasteiger partial charge in [0.05, 0.1) is 10.7 Å². The number of anilines is 1. The molecule has 0 saturated carbocycles. The van der Waals surface area contributed by atoms with Crippen LogP contribution in [0.15, 0.2) is 18.2 Å². The Hall–Kier alpha value is -1.99. The third kappa shape index (κ3) is 4.48. The van der Waals surface area contributed by atoms with Crippen LogP contribution in [0.5, 0.6) is 0 Å². The Morgan fingerprint density at radius 1 is 1.39 bits per heavy atom. The van der Waals surface area contributed by atoms with E-state index in [0.29, 0.717) is 17.3 Å². The molecule has 0 aromatic heterocycles. The Balaban J connectivity index is 2.75. The van der Waals surface area contributed by atoms with Crippen molar-refractivity contribution in [2.75, 3.05) is 5.32 Å². The molecule has 0 spiro atoms. The van der Waals surface area contributed by atoms with Crippen LogP contribution in [-0.4, -0.2) is 11.8 Å². The maximum absolute atomic E-state index is 11.3. The van der Waals surface area contributed by atoms with E-state index in [-0.39, 0.29) is 5.91 Å². The molecular formula is C13H13ClN2O2. The van der Waals surface area contributed by atoms with Crippen molar-refractivity contribution in [3.05, 3.63) is 28.8 Å². The van der Waals surface area contributed by atoms with Crippen molar-refractivity contribution in [3.8, 4) is 11.8 Å². The molecule has 0 saturated heterocycles. The molecule has 0 bridgehead atoms. The fourth-order valence-corrected chi connectivity index (χ4v) is 1.51. The highest BCUT2D eigenvalue weighted by Gasteiger charge is 2.05. The molecule has 2 N–H and O–H groups in total. The van der Waals surface area contributed by atoms with Crippen molar-refractivity contribution >= 4 is 29.1 Å². The van der Waals surface area contributed by atoms with Crippen molar-refractivity contribution in [1.82, 2.24) is 5.32 Å². The summed E-state index contributed by atoms with van der Waals surface area (Å²) in [7, 11) is 0. The minimum Gasteiger partial charge on any atom is -0.352 e. The van der Waals surface area contributed by atoms with Crippen LogP contribution in [0.4, 0.5) is 5.69 Å². The summed E-state index contributed by atoms with van der Waals surface area (Å²) in [6, 6.07) is 5.14. The second kappa shape index (κ2) is 6.67. The lowest BCUT2D eigenvalue weighted by Gasteiger charge is -2.07. The van der Waals surface area contributed by atoms with Gasteiger partial charge in [-0.1, -0.05) is 23.6 Å². The number of hydrogen-bond acceptors (Lipinski definition) is 2. The fraction of sp³-hybridized carbons (Fsp3) is 0.231. The van der Waals surface area contributed by atoms with Gasteiger partial charge >= 0.3 is 0 Å². The third-order valence-corrected chi connectivity index (χ3v) is 2.37. The second-order valence-corrected chi connectivity index (χ2v) is 3.96. The standard InChI is InChI=1S/C13H13ClN2O2/c1-3-4-13(18)16-12-6-5-10(7-11(12)14)8-15-9(2)17/h5-7H,8H2,1-2H3,(H,15,17)(H,16,18). The van der Waals surface area contributed by atoms with E-state index in [1.54, 1.807) is 25.1 Å². The van der Waals surface area contributed by atoms with E-state index in [2.05, 4.69) is 22.5 Å². The summed E-state index contributed by atoms with van der Waals surface area (Å²) >= 11 is 6.01. The maximum Gasteiger partial charge on any atom is 0.300 e. The van der Waals surface area contributed by atoms with Gasteiger partial charge in [-0.2, -0.15) is 0 Å². The average molecular weight is 265 g/mol. The summed E-state index contributed by atoms with van der Waals surface area (Å²) in [6.07, 6.45) is 0. The van der Waals surface area contributed by atoms with Crippen LogP contribution in [0.1, 0.15) is 19.4 Å². The molecular weight excluding hydrogens is 252 g/mol. The van der Waals surface area contributed by atoms with Gasteiger partial charge in [0.25, 0.3) is 5.91 Å². The second-order valence-electron chi connectivity index (χ2n) is 3.55. The number of hydrogen-bond donors (Lipinski definition) is 2. The first kappa shape index (κ1) is 14.1. The summed E-state index contributed by atoms with van der Waals surface area (Å²) in [5, 5.41) is 5.64. The van der Waals surface area contributed by atoms with E-state index in [4.69, 9.17) is 11.6 Å². The Kier molecular flexibility index (Phi) is 5.22. The van der Waals surface area contributed by atoms with Gasteiger partial charge in [-0.05, 0) is 30.5 Å². The molecule has 1 rings (SSSR count). The number of nitrogens with one attached hydrogen (secondary N) is 2. The lowest BCUT2D eigenvalue weighted by atomic mass is 10.2. The Bertz CT molecular complexity index is 530. The van der Waals surface area contributed by atoms with Gasteiger partial charge in [0.2, 0.25) is 5.91 Å². The van der Waals surface area contributed by atoms with E-state index in [0.717, 1.165) is 5.56 Å². The predicted octanol–water partition coefficient (Wildman–Crippen LogP) is 1.94. The number of rotatable bonds is 3. The van der Waals surface area contributed by atoms with Crippen LogP contribution >= 0.6 is 11.6 Å². The number of amides is 2. The van der Waals surface area contributed by atoms with Crippen molar-refractivity contribution in [3.63, 3.8) is 0 Å². The van der Waals surface area contributed by atoms with Crippen molar-refractivity contribution in [2.24, 2.45) is 0 Å². The zero-order valence-corrected chi connectivity index (χ0v) is 10.9. The van der Waals surface area contributed by atoms with E-state index in [9.17, 15) is 9.59 Å². The number of carbonyl (C=O) groups excluding carboxylic acids is 2. The van der Waals surface area contributed by atoms with E-state index >= 15 is 0 Å². The zero-order valence-electron chi connectivity index (χ0n) is 10.1. The molecule has 1 aromatic carbocycles. The van der Waals surface area contributed by atoms with Crippen molar-refractivity contribution < 1.29 is 9.59 Å². The molecule has 18 heavy (non-hydrogen) atoms. The highest BCUT2D eigenvalue weighted by atomic mass is 35.5. The quantitative estimate of drug-likeness (QED) is 0.820. The molecule has 1 aromatic rings. The summed E-state index contributed by atoms with van der Waals surface area (Å²) in [6.45, 7) is 3.43. The molecule has 4 nitrogen and oxygen atoms in total. The van der Waals surface area contributed by atoms with Gasteiger partial charge in [0.15, 0.2) is 0 Å². The van der Waals surface area contributed by atoms with Crippen molar-refractivity contribution in [2.45, 2.75) is 20.4 Å². The third-order valence-electron chi connectivity index (χ3n) is 2.06. The first-order valence-electron chi connectivity index (χ1n) is 5.29. The zero-order chi connectivity index (χ0) is 13.5. The van der Waals surface area contributed by atoms with Gasteiger partial charge in [-0.3, -0.25) is 9.59 Å². The molecule has 0 aliphatic carbocycles. The predicted molar refractivity (Wildman–Crippen MR) is 71.1 cm³/mol. The van der Waals surface area contributed by atoms with Gasteiger partial charge in [-0.25, -0.2) is 0 Å². The van der Waals surface area contributed by atoms with Gasteiger partial charge in [-0.15, -0.1) is 0 Å². The van der Waals surface area contributed by atoms with Crippen LogP contribution in [0.2, 0.25) is 5.02 Å². The molecule has 0 aliphatic rings. The topological polar surface area (TPSA) is 58.2 Å². The van der Waals surface area contributed by atoms with Crippen LogP contribution in [0.3, 0.4) is 0 Å². The normalized spacial score (nSPS) is 9.06. The molecule has 0 aliphatic heterocycles. The van der Waals surface area contributed by atoms with Crippen LogP contribution in [0.25, 0.3) is 0 Å². The lowest BCUT2D eigenvalue weighted by Crippen LogP contribution is -2.18. The maximum atomic E-state index is 11.3. The first-order chi connectivity index (χ1) is 8.52. The Morgan fingerprint density at radius 3 is 2.67 bits per heavy atom. The summed E-state index contributed by atoms with van der Waals surface area (Å²) < 4.78 is 0. The van der Waals surface area contributed by atoms with Gasteiger partial charge < -0.3 is 10.6 Å². The van der Waals surface area contributed by atoms with E-state index < -0.39 is 5.91 Å². The lowest BCUT2D eigenvalue weighted by molar-refractivity contribution is -0.119. The summed E-state index contributed by atoms with van der Waals surface area (Å²) in [5.41, 5.74) is 1.35. The SMILES string of the molecule is CC#CC(=O)Nc1ccc(CNC(C)=O)cc1Cl.